The Morgan fingerprint density at radius 2 is 2.27 bits per heavy atom. The molecule has 0 N–H and O–H groups in total. The fraction of sp³-hybridized carbons (Fsp3) is 0.364. The van der Waals surface area contributed by atoms with Crippen LogP contribution in [0.3, 0.4) is 0 Å². The van der Waals surface area contributed by atoms with E-state index in [1.54, 1.807) is 6.07 Å². The van der Waals surface area contributed by atoms with Crippen molar-refractivity contribution in [3.8, 4) is 0 Å². The van der Waals surface area contributed by atoms with Crippen LogP contribution in [0.15, 0.2) is 18.2 Å². The molecule has 1 atom stereocenters. The van der Waals surface area contributed by atoms with E-state index in [4.69, 9.17) is 16.3 Å². The summed E-state index contributed by atoms with van der Waals surface area (Å²) in [4.78, 5) is 11.2. The second-order valence-corrected chi connectivity index (χ2v) is 3.93. The molecule has 1 aromatic carbocycles. The van der Waals surface area contributed by atoms with Crippen LogP contribution in [-0.4, -0.2) is 12.4 Å². The van der Waals surface area contributed by atoms with Crippen molar-refractivity contribution >= 4 is 17.4 Å². The van der Waals surface area contributed by atoms with E-state index in [0.29, 0.717) is 25.0 Å². The number of carbonyl (C=O) groups excluding carboxylic acids is 1. The lowest BCUT2D eigenvalue weighted by atomic mass is 10.0. The number of carbonyl (C=O) groups is 1. The fourth-order valence-electron chi connectivity index (χ4n) is 1.61. The van der Waals surface area contributed by atoms with Crippen molar-refractivity contribution < 1.29 is 13.9 Å². The highest BCUT2D eigenvalue weighted by molar-refractivity contribution is 6.30. The van der Waals surface area contributed by atoms with Crippen molar-refractivity contribution in [2.24, 2.45) is 0 Å². The summed E-state index contributed by atoms with van der Waals surface area (Å²) >= 11 is 5.57. The zero-order valence-corrected chi connectivity index (χ0v) is 8.76. The molecule has 0 aromatic heterocycles. The average Bonchev–Trinajstić information content (AvgIpc) is 2.22. The minimum absolute atomic E-state index is 0.0842. The lowest BCUT2D eigenvalue weighted by molar-refractivity contribution is -0.128. The van der Waals surface area contributed by atoms with E-state index < -0.39 is 5.82 Å². The summed E-state index contributed by atoms with van der Waals surface area (Å²) in [7, 11) is 0. The first-order chi connectivity index (χ1) is 7.16. The SMILES string of the molecule is O=C1CCOC(c2ccc(Cl)c(F)c2)C1. The van der Waals surface area contributed by atoms with Crippen molar-refractivity contribution in [2.75, 3.05) is 6.61 Å². The molecule has 0 saturated carbocycles. The smallest absolute Gasteiger partial charge is 0.142 e. The van der Waals surface area contributed by atoms with Crippen LogP contribution in [0.5, 0.6) is 0 Å². The highest BCUT2D eigenvalue weighted by Gasteiger charge is 2.22. The zero-order valence-electron chi connectivity index (χ0n) is 8.00. The van der Waals surface area contributed by atoms with Crippen molar-refractivity contribution in [2.45, 2.75) is 18.9 Å². The van der Waals surface area contributed by atoms with E-state index in [0.717, 1.165) is 0 Å². The molecule has 0 amide bonds. The maximum Gasteiger partial charge on any atom is 0.142 e. The van der Waals surface area contributed by atoms with Gasteiger partial charge < -0.3 is 4.74 Å². The van der Waals surface area contributed by atoms with Gasteiger partial charge in [-0.2, -0.15) is 0 Å². The van der Waals surface area contributed by atoms with Crippen LogP contribution in [0.1, 0.15) is 24.5 Å². The number of Topliss-reactive ketones (excluding diaryl/α,β-unsaturated/α-hetero) is 1. The van der Waals surface area contributed by atoms with E-state index in [-0.39, 0.29) is 16.9 Å². The third kappa shape index (κ3) is 2.36. The van der Waals surface area contributed by atoms with Crippen molar-refractivity contribution in [3.05, 3.63) is 34.6 Å². The maximum absolute atomic E-state index is 13.2. The number of halogens is 2. The Hall–Kier alpha value is -0.930. The van der Waals surface area contributed by atoms with Gasteiger partial charge in [0.1, 0.15) is 11.6 Å². The third-order valence-corrected chi connectivity index (χ3v) is 2.73. The summed E-state index contributed by atoms with van der Waals surface area (Å²) in [6.07, 6.45) is 0.450. The van der Waals surface area contributed by atoms with Crippen molar-refractivity contribution in [3.63, 3.8) is 0 Å². The van der Waals surface area contributed by atoms with Gasteiger partial charge >= 0.3 is 0 Å². The van der Waals surface area contributed by atoms with E-state index >= 15 is 0 Å². The standard InChI is InChI=1S/C11H10ClFO2/c12-9-2-1-7(5-10(9)13)11-6-8(14)3-4-15-11/h1-2,5,11H,3-4,6H2. The summed E-state index contributed by atoms with van der Waals surface area (Å²) in [6.45, 7) is 0.410. The molecular weight excluding hydrogens is 219 g/mol. The Labute approximate surface area is 92.0 Å². The maximum atomic E-state index is 13.2. The van der Waals surface area contributed by atoms with Gasteiger partial charge in [-0.15, -0.1) is 0 Å². The van der Waals surface area contributed by atoms with Gasteiger partial charge in [0.2, 0.25) is 0 Å². The van der Waals surface area contributed by atoms with Gasteiger partial charge in [-0.3, -0.25) is 4.79 Å². The molecule has 1 fully saturated rings. The Kier molecular flexibility index (Phi) is 3.03. The molecule has 0 bridgehead atoms. The van der Waals surface area contributed by atoms with Gasteiger partial charge in [0.15, 0.2) is 0 Å². The van der Waals surface area contributed by atoms with Gasteiger partial charge in [-0.1, -0.05) is 17.7 Å². The van der Waals surface area contributed by atoms with E-state index in [1.165, 1.54) is 12.1 Å². The number of ketones is 1. The van der Waals surface area contributed by atoms with E-state index in [1.807, 2.05) is 0 Å². The Balaban J connectivity index is 2.21. The second kappa shape index (κ2) is 4.29. The fourth-order valence-corrected chi connectivity index (χ4v) is 1.73. The molecule has 2 nitrogen and oxygen atoms in total. The molecule has 1 saturated heterocycles. The Morgan fingerprint density at radius 3 is 2.93 bits per heavy atom. The van der Waals surface area contributed by atoms with Crippen LogP contribution in [0.25, 0.3) is 0 Å². The number of hydrogen-bond acceptors (Lipinski definition) is 2. The molecule has 1 aromatic rings. The number of benzene rings is 1. The van der Waals surface area contributed by atoms with Gasteiger partial charge in [-0.05, 0) is 17.7 Å². The molecule has 2 rings (SSSR count). The number of hydrogen-bond donors (Lipinski definition) is 0. The van der Waals surface area contributed by atoms with Crippen molar-refractivity contribution in [1.29, 1.82) is 0 Å². The Bertz CT molecular complexity index is 392. The summed E-state index contributed by atoms with van der Waals surface area (Å²) in [5.41, 5.74) is 0.671. The third-order valence-electron chi connectivity index (χ3n) is 2.43. The molecule has 0 spiro atoms. The van der Waals surface area contributed by atoms with Gasteiger partial charge in [0.25, 0.3) is 0 Å². The molecule has 1 aliphatic rings. The van der Waals surface area contributed by atoms with Crippen LogP contribution >= 0.6 is 11.6 Å². The monoisotopic (exact) mass is 228 g/mol. The molecule has 1 heterocycles. The largest absolute Gasteiger partial charge is 0.373 e. The predicted molar refractivity (Wildman–Crippen MR) is 54.3 cm³/mol. The lowest BCUT2D eigenvalue weighted by Gasteiger charge is -2.22. The highest BCUT2D eigenvalue weighted by Crippen LogP contribution is 2.28. The molecule has 1 aliphatic heterocycles. The molecule has 4 heteroatoms. The topological polar surface area (TPSA) is 26.3 Å². The molecule has 80 valence electrons. The highest BCUT2D eigenvalue weighted by atomic mass is 35.5. The normalized spacial score (nSPS) is 21.7. The summed E-state index contributed by atoms with van der Waals surface area (Å²) in [5.74, 6) is -0.322. The second-order valence-electron chi connectivity index (χ2n) is 3.53. The van der Waals surface area contributed by atoms with Crippen LogP contribution in [-0.2, 0) is 9.53 Å². The molecule has 0 radical (unpaired) electrons. The van der Waals surface area contributed by atoms with Crippen LogP contribution in [0, 0.1) is 5.82 Å². The Morgan fingerprint density at radius 1 is 1.47 bits per heavy atom. The quantitative estimate of drug-likeness (QED) is 0.739. The first kappa shape index (κ1) is 10.6. The predicted octanol–water partition coefficient (Wildman–Crippen LogP) is 2.90. The van der Waals surface area contributed by atoms with Crippen molar-refractivity contribution in [1.82, 2.24) is 0 Å². The van der Waals surface area contributed by atoms with Gasteiger partial charge in [0, 0.05) is 12.8 Å². The van der Waals surface area contributed by atoms with Crippen LogP contribution in [0.4, 0.5) is 4.39 Å². The summed E-state index contributed by atoms with van der Waals surface area (Å²) < 4.78 is 18.6. The molecule has 1 unspecified atom stereocenters. The van der Waals surface area contributed by atoms with Gasteiger partial charge in [-0.25, -0.2) is 4.39 Å². The van der Waals surface area contributed by atoms with Crippen LogP contribution < -0.4 is 0 Å². The molecule has 15 heavy (non-hydrogen) atoms. The number of rotatable bonds is 1. The average molecular weight is 229 g/mol. The van der Waals surface area contributed by atoms with E-state index in [9.17, 15) is 9.18 Å². The first-order valence-corrected chi connectivity index (χ1v) is 5.13. The number of ether oxygens (including phenoxy) is 1. The zero-order chi connectivity index (χ0) is 10.8. The summed E-state index contributed by atoms with van der Waals surface area (Å²) in [5, 5.41) is 0.0842. The minimum Gasteiger partial charge on any atom is -0.373 e. The molecule has 0 aliphatic carbocycles. The minimum atomic E-state index is -0.476. The van der Waals surface area contributed by atoms with Crippen LogP contribution in [0.2, 0.25) is 5.02 Å². The van der Waals surface area contributed by atoms with E-state index in [2.05, 4.69) is 0 Å². The van der Waals surface area contributed by atoms with Gasteiger partial charge in [0.05, 0.1) is 17.7 Å². The lowest BCUT2D eigenvalue weighted by Crippen LogP contribution is -2.19. The molecular formula is C11H10ClFO2. The first-order valence-electron chi connectivity index (χ1n) is 4.75. The summed E-state index contributed by atoms with van der Waals surface area (Å²) in [6, 6.07) is 4.49.